The zero-order valence-corrected chi connectivity index (χ0v) is 11.9. The lowest BCUT2D eigenvalue weighted by molar-refractivity contribution is -0.132. The van der Waals surface area contributed by atoms with Gasteiger partial charge in [0.15, 0.2) is 0 Å². The van der Waals surface area contributed by atoms with Crippen molar-refractivity contribution >= 4 is 22.9 Å². The van der Waals surface area contributed by atoms with Gasteiger partial charge >= 0.3 is 0 Å². The maximum absolute atomic E-state index is 12.4. The Bertz CT molecular complexity index is 367. The molecule has 0 aromatic rings. The molecule has 6 heteroatoms. The highest BCUT2D eigenvalue weighted by Gasteiger charge is 2.36. The molecule has 1 atom stereocenters. The number of hydrogen-bond acceptors (Lipinski definition) is 4. The van der Waals surface area contributed by atoms with E-state index in [9.17, 15) is 9.59 Å². The molecule has 106 valence electrons. The summed E-state index contributed by atoms with van der Waals surface area (Å²) in [6.07, 6.45) is 3.28. The molecule has 0 radical (unpaired) electrons. The van der Waals surface area contributed by atoms with E-state index < -0.39 is 0 Å². The molecular weight excluding hydrogens is 264 g/mol. The van der Waals surface area contributed by atoms with Crippen LogP contribution in [0.3, 0.4) is 0 Å². The molecule has 0 bridgehead atoms. The number of carbonyl (C=O) groups is 2. The Morgan fingerprint density at radius 2 is 2.26 bits per heavy atom. The molecule has 5 nitrogen and oxygen atoms in total. The van der Waals surface area contributed by atoms with E-state index in [1.807, 2.05) is 4.90 Å². The summed E-state index contributed by atoms with van der Waals surface area (Å²) in [5.41, 5.74) is 0. The summed E-state index contributed by atoms with van der Waals surface area (Å²) in [6.45, 7) is 3.36. The van der Waals surface area contributed by atoms with Gasteiger partial charge in [0.2, 0.25) is 5.91 Å². The smallest absolute Gasteiger partial charge is 0.282 e. The minimum absolute atomic E-state index is 0.0493. The van der Waals surface area contributed by atoms with Gasteiger partial charge in [0, 0.05) is 37.4 Å². The van der Waals surface area contributed by atoms with E-state index in [0.29, 0.717) is 18.5 Å². The van der Waals surface area contributed by atoms with Gasteiger partial charge in [0.1, 0.15) is 6.54 Å². The summed E-state index contributed by atoms with van der Waals surface area (Å²) in [6, 6.07) is 0.415. The predicted molar refractivity (Wildman–Crippen MR) is 73.1 cm³/mol. The quantitative estimate of drug-likeness (QED) is 0.761. The highest BCUT2D eigenvalue weighted by Crippen LogP contribution is 2.29. The van der Waals surface area contributed by atoms with Gasteiger partial charge in [-0.05, 0) is 19.3 Å². The normalized spacial score (nSPS) is 27.1. The van der Waals surface area contributed by atoms with Crippen molar-refractivity contribution in [2.75, 3.05) is 38.6 Å². The average Bonchev–Trinajstić information content (AvgIpc) is 2.95. The fraction of sp³-hybridized carbons (Fsp3) is 0.846. The third-order valence-corrected chi connectivity index (χ3v) is 4.85. The average molecular weight is 284 g/mol. The standard InChI is InChI=1S/C13H20N2O3S/c16-12(8-14-4-6-19-13(14)17)15(11-1-2-11)7-10-3-5-18-9-10/h10-11H,1-9H2. The van der Waals surface area contributed by atoms with Crippen LogP contribution in [0.1, 0.15) is 19.3 Å². The molecule has 0 aromatic carbocycles. The van der Waals surface area contributed by atoms with Gasteiger partial charge in [0.25, 0.3) is 5.24 Å². The van der Waals surface area contributed by atoms with Crippen LogP contribution in [-0.2, 0) is 9.53 Å². The van der Waals surface area contributed by atoms with E-state index in [-0.39, 0.29) is 17.7 Å². The Morgan fingerprint density at radius 3 is 2.84 bits per heavy atom. The van der Waals surface area contributed by atoms with Gasteiger partial charge in [-0.3, -0.25) is 9.59 Å². The number of rotatable bonds is 5. The fourth-order valence-electron chi connectivity index (χ4n) is 2.67. The first kappa shape index (κ1) is 13.2. The monoisotopic (exact) mass is 284 g/mol. The number of thioether (sulfide) groups is 1. The van der Waals surface area contributed by atoms with Crippen molar-refractivity contribution in [2.45, 2.75) is 25.3 Å². The first-order chi connectivity index (χ1) is 9.24. The van der Waals surface area contributed by atoms with E-state index in [2.05, 4.69) is 0 Å². The van der Waals surface area contributed by atoms with Crippen LogP contribution in [0.25, 0.3) is 0 Å². The number of carbonyl (C=O) groups excluding carboxylic acids is 2. The molecule has 0 spiro atoms. The molecule has 2 heterocycles. The molecule has 0 N–H and O–H groups in total. The third-order valence-electron chi connectivity index (χ3n) is 3.96. The fourth-order valence-corrected chi connectivity index (χ4v) is 3.49. The lowest BCUT2D eigenvalue weighted by atomic mass is 10.1. The van der Waals surface area contributed by atoms with Crippen LogP contribution in [0.4, 0.5) is 4.79 Å². The second kappa shape index (κ2) is 5.71. The molecule has 1 saturated carbocycles. The van der Waals surface area contributed by atoms with Gasteiger partial charge in [-0.15, -0.1) is 0 Å². The van der Waals surface area contributed by atoms with Crippen molar-refractivity contribution in [3.05, 3.63) is 0 Å². The highest BCUT2D eigenvalue weighted by molar-refractivity contribution is 8.13. The Morgan fingerprint density at radius 1 is 1.42 bits per heavy atom. The van der Waals surface area contributed by atoms with Crippen LogP contribution in [0.2, 0.25) is 0 Å². The molecular formula is C13H20N2O3S. The maximum Gasteiger partial charge on any atom is 0.282 e. The number of amides is 2. The maximum atomic E-state index is 12.4. The van der Waals surface area contributed by atoms with Gasteiger partial charge in [-0.1, -0.05) is 11.8 Å². The second-order valence-corrected chi connectivity index (χ2v) is 6.59. The van der Waals surface area contributed by atoms with Crippen molar-refractivity contribution in [2.24, 2.45) is 5.92 Å². The summed E-state index contributed by atoms with van der Waals surface area (Å²) in [7, 11) is 0. The van der Waals surface area contributed by atoms with Crippen molar-refractivity contribution in [3.63, 3.8) is 0 Å². The Balaban J connectivity index is 1.56. The summed E-state index contributed by atoms with van der Waals surface area (Å²) in [5, 5.41) is 0.0493. The van der Waals surface area contributed by atoms with Crippen molar-refractivity contribution in [1.82, 2.24) is 9.80 Å². The van der Waals surface area contributed by atoms with Crippen molar-refractivity contribution < 1.29 is 14.3 Å². The number of nitrogens with zero attached hydrogens (tertiary/aromatic N) is 2. The zero-order chi connectivity index (χ0) is 13.2. The lowest BCUT2D eigenvalue weighted by Crippen LogP contribution is -2.43. The molecule has 1 aliphatic carbocycles. The molecule has 3 aliphatic rings. The lowest BCUT2D eigenvalue weighted by Gasteiger charge is -2.27. The van der Waals surface area contributed by atoms with Crippen molar-refractivity contribution in [3.8, 4) is 0 Å². The molecule has 2 saturated heterocycles. The van der Waals surface area contributed by atoms with Crippen LogP contribution in [0.5, 0.6) is 0 Å². The SMILES string of the molecule is O=C1SCCN1CC(=O)N(CC1CCOC1)C1CC1. The Hall–Kier alpha value is -0.750. The topological polar surface area (TPSA) is 49.9 Å². The predicted octanol–water partition coefficient (Wildman–Crippen LogP) is 1.18. The molecule has 1 unspecified atom stereocenters. The highest BCUT2D eigenvalue weighted by atomic mass is 32.2. The van der Waals surface area contributed by atoms with E-state index in [1.54, 1.807) is 4.90 Å². The summed E-state index contributed by atoms with van der Waals surface area (Å²) in [4.78, 5) is 27.6. The molecule has 3 rings (SSSR count). The van der Waals surface area contributed by atoms with E-state index in [1.165, 1.54) is 11.8 Å². The van der Waals surface area contributed by atoms with E-state index in [4.69, 9.17) is 4.74 Å². The minimum atomic E-state index is 0.0493. The number of hydrogen-bond donors (Lipinski definition) is 0. The van der Waals surface area contributed by atoms with Crippen LogP contribution >= 0.6 is 11.8 Å². The van der Waals surface area contributed by atoms with Gasteiger partial charge < -0.3 is 14.5 Å². The van der Waals surface area contributed by atoms with Gasteiger partial charge in [0.05, 0.1) is 6.61 Å². The molecule has 2 aliphatic heterocycles. The Kier molecular flexibility index (Phi) is 3.98. The van der Waals surface area contributed by atoms with Gasteiger partial charge in [-0.25, -0.2) is 0 Å². The summed E-state index contributed by atoms with van der Waals surface area (Å²) < 4.78 is 5.38. The minimum Gasteiger partial charge on any atom is -0.381 e. The first-order valence-corrected chi connectivity index (χ1v) is 8.01. The van der Waals surface area contributed by atoms with Crippen molar-refractivity contribution in [1.29, 1.82) is 0 Å². The van der Waals surface area contributed by atoms with Crippen LogP contribution in [0.15, 0.2) is 0 Å². The molecule has 3 fully saturated rings. The van der Waals surface area contributed by atoms with E-state index in [0.717, 1.165) is 44.8 Å². The Labute approximate surface area is 117 Å². The number of ether oxygens (including phenoxy) is 1. The molecule has 0 aromatic heterocycles. The first-order valence-electron chi connectivity index (χ1n) is 7.03. The summed E-state index contributed by atoms with van der Waals surface area (Å²) >= 11 is 1.31. The largest absolute Gasteiger partial charge is 0.381 e. The second-order valence-electron chi connectivity index (χ2n) is 5.54. The van der Waals surface area contributed by atoms with Crippen LogP contribution < -0.4 is 0 Å². The summed E-state index contributed by atoms with van der Waals surface area (Å²) in [5.74, 6) is 1.41. The molecule has 19 heavy (non-hydrogen) atoms. The van der Waals surface area contributed by atoms with E-state index >= 15 is 0 Å². The van der Waals surface area contributed by atoms with Gasteiger partial charge in [-0.2, -0.15) is 0 Å². The molecule has 2 amide bonds. The zero-order valence-electron chi connectivity index (χ0n) is 11.0. The van der Waals surface area contributed by atoms with Crippen LogP contribution in [0, 0.1) is 5.92 Å². The third kappa shape index (κ3) is 3.23. The van der Waals surface area contributed by atoms with Crippen LogP contribution in [-0.4, -0.2) is 65.6 Å².